The van der Waals surface area contributed by atoms with Gasteiger partial charge in [0.05, 0.1) is 11.7 Å². The zero-order valence-corrected chi connectivity index (χ0v) is 14.0. The van der Waals surface area contributed by atoms with E-state index < -0.39 is 10.0 Å². The Morgan fingerprint density at radius 3 is 2.39 bits per heavy atom. The summed E-state index contributed by atoms with van der Waals surface area (Å²) in [5.41, 5.74) is 1.55. The van der Waals surface area contributed by atoms with Crippen LogP contribution in [0.15, 0.2) is 24.3 Å². The Labute approximate surface area is 136 Å². The SMILES string of the molecule is CNS(=O)(=O)Cc1ccc(CNC(=O)[C@@H]2CC(=O)N(C)C2)cc1. The zero-order chi connectivity index (χ0) is 17.0. The number of nitrogens with zero attached hydrogens (tertiary/aromatic N) is 1. The smallest absolute Gasteiger partial charge is 0.225 e. The van der Waals surface area contributed by atoms with Crippen molar-refractivity contribution >= 4 is 21.8 Å². The van der Waals surface area contributed by atoms with Crippen LogP contribution in [0.3, 0.4) is 0 Å². The summed E-state index contributed by atoms with van der Waals surface area (Å²) in [6.07, 6.45) is 0.253. The van der Waals surface area contributed by atoms with Crippen molar-refractivity contribution < 1.29 is 18.0 Å². The van der Waals surface area contributed by atoms with Gasteiger partial charge in [-0.05, 0) is 18.2 Å². The van der Waals surface area contributed by atoms with E-state index >= 15 is 0 Å². The molecule has 1 fully saturated rings. The van der Waals surface area contributed by atoms with Crippen molar-refractivity contribution in [1.29, 1.82) is 0 Å². The van der Waals surface area contributed by atoms with Crippen LogP contribution in [-0.2, 0) is 31.9 Å². The Balaban J connectivity index is 1.87. The highest BCUT2D eigenvalue weighted by molar-refractivity contribution is 7.88. The highest BCUT2D eigenvalue weighted by Crippen LogP contribution is 2.16. The van der Waals surface area contributed by atoms with E-state index in [1.165, 1.54) is 7.05 Å². The molecule has 2 N–H and O–H groups in total. The molecule has 0 saturated carbocycles. The molecule has 0 spiro atoms. The number of likely N-dealkylation sites (tertiary alicyclic amines) is 1. The summed E-state index contributed by atoms with van der Waals surface area (Å²) in [6.45, 7) is 0.803. The number of nitrogens with one attached hydrogen (secondary N) is 2. The van der Waals surface area contributed by atoms with Gasteiger partial charge in [-0.2, -0.15) is 0 Å². The van der Waals surface area contributed by atoms with E-state index in [1.807, 2.05) is 0 Å². The fraction of sp³-hybridized carbons (Fsp3) is 0.467. The van der Waals surface area contributed by atoms with Crippen LogP contribution in [0, 0.1) is 5.92 Å². The van der Waals surface area contributed by atoms with E-state index in [2.05, 4.69) is 10.0 Å². The van der Waals surface area contributed by atoms with Crippen LogP contribution in [0.25, 0.3) is 0 Å². The van der Waals surface area contributed by atoms with Crippen LogP contribution in [-0.4, -0.2) is 45.8 Å². The monoisotopic (exact) mass is 339 g/mol. The summed E-state index contributed by atoms with van der Waals surface area (Å²) in [5, 5.41) is 2.81. The number of benzene rings is 1. The summed E-state index contributed by atoms with van der Waals surface area (Å²) in [7, 11) is -0.222. The van der Waals surface area contributed by atoms with Gasteiger partial charge in [0.15, 0.2) is 0 Å². The van der Waals surface area contributed by atoms with Gasteiger partial charge in [-0.1, -0.05) is 24.3 Å². The molecule has 1 aromatic carbocycles. The molecule has 2 amide bonds. The maximum absolute atomic E-state index is 12.0. The highest BCUT2D eigenvalue weighted by Gasteiger charge is 2.31. The molecule has 1 aliphatic rings. The largest absolute Gasteiger partial charge is 0.352 e. The maximum atomic E-state index is 12.0. The van der Waals surface area contributed by atoms with Crippen LogP contribution in [0.1, 0.15) is 17.5 Å². The molecule has 7 nitrogen and oxygen atoms in total. The minimum Gasteiger partial charge on any atom is -0.352 e. The lowest BCUT2D eigenvalue weighted by atomic mass is 10.1. The fourth-order valence-electron chi connectivity index (χ4n) is 2.42. The molecule has 2 rings (SSSR count). The lowest BCUT2D eigenvalue weighted by Crippen LogP contribution is -2.31. The average Bonchev–Trinajstić information content (AvgIpc) is 2.85. The first-order valence-electron chi connectivity index (χ1n) is 7.31. The molecular weight excluding hydrogens is 318 g/mol. The van der Waals surface area contributed by atoms with E-state index in [9.17, 15) is 18.0 Å². The van der Waals surface area contributed by atoms with Gasteiger partial charge in [-0.3, -0.25) is 9.59 Å². The van der Waals surface area contributed by atoms with Gasteiger partial charge in [-0.15, -0.1) is 0 Å². The fourth-order valence-corrected chi connectivity index (χ4v) is 3.19. The first-order valence-corrected chi connectivity index (χ1v) is 8.96. The molecule has 1 saturated heterocycles. The molecule has 1 atom stereocenters. The van der Waals surface area contributed by atoms with E-state index in [1.54, 1.807) is 36.2 Å². The molecule has 126 valence electrons. The Morgan fingerprint density at radius 2 is 1.87 bits per heavy atom. The van der Waals surface area contributed by atoms with Gasteiger partial charge in [0, 0.05) is 26.6 Å². The van der Waals surface area contributed by atoms with Crippen LogP contribution < -0.4 is 10.0 Å². The Kier molecular flexibility index (Phi) is 5.38. The second-order valence-electron chi connectivity index (χ2n) is 5.67. The summed E-state index contributed by atoms with van der Waals surface area (Å²) in [6, 6.07) is 7.02. The molecular formula is C15H21N3O4S. The third-order valence-electron chi connectivity index (χ3n) is 3.87. The van der Waals surface area contributed by atoms with Crippen molar-refractivity contribution in [3.05, 3.63) is 35.4 Å². The molecule has 1 heterocycles. The zero-order valence-electron chi connectivity index (χ0n) is 13.2. The van der Waals surface area contributed by atoms with Crippen molar-refractivity contribution in [1.82, 2.24) is 14.9 Å². The number of amides is 2. The minimum absolute atomic E-state index is 0.0137. The van der Waals surface area contributed by atoms with Crippen molar-refractivity contribution in [3.8, 4) is 0 Å². The maximum Gasteiger partial charge on any atom is 0.225 e. The first kappa shape index (κ1) is 17.4. The Bertz CT molecular complexity index is 685. The van der Waals surface area contributed by atoms with Crippen molar-refractivity contribution in [3.63, 3.8) is 0 Å². The number of carbonyl (C=O) groups excluding carboxylic acids is 2. The highest BCUT2D eigenvalue weighted by atomic mass is 32.2. The van der Waals surface area contributed by atoms with Crippen LogP contribution in [0.5, 0.6) is 0 Å². The van der Waals surface area contributed by atoms with Crippen LogP contribution in [0.2, 0.25) is 0 Å². The van der Waals surface area contributed by atoms with Crippen molar-refractivity contribution in [2.75, 3.05) is 20.6 Å². The van der Waals surface area contributed by atoms with E-state index in [0.29, 0.717) is 18.7 Å². The van der Waals surface area contributed by atoms with Crippen LogP contribution >= 0.6 is 0 Å². The van der Waals surface area contributed by atoms with Gasteiger partial charge in [-0.25, -0.2) is 13.1 Å². The predicted octanol–water partition coefficient (Wildman–Crippen LogP) is -0.170. The predicted molar refractivity (Wildman–Crippen MR) is 85.7 cm³/mol. The number of sulfonamides is 1. The second-order valence-corrected chi connectivity index (χ2v) is 7.60. The Morgan fingerprint density at radius 1 is 1.26 bits per heavy atom. The van der Waals surface area contributed by atoms with Gasteiger partial charge in [0.25, 0.3) is 0 Å². The number of hydrogen-bond donors (Lipinski definition) is 2. The lowest BCUT2D eigenvalue weighted by molar-refractivity contribution is -0.128. The molecule has 0 bridgehead atoms. The van der Waals surface area contributed by atoms with E-state index in [0.717, 1.165) is 5.56 Å². The third kappa shape index (κ3) is 4.77. The van der Waals surface area contributed by atoms with Crippen molar-refractivity contribution in [2.45, 2.75) is 18.7 Å². The first-order chi connectivity index (χ1) is 10.8. The average molecular weight is 339 g/mol. The van der Waals surface area contributed by atoms with Gasteiger partial charge >= 0.3 is 0 Å². The summed E-state index contributed by atoms with van der Waals surface area (Å²) in [5.74, 6) is -0.524. The quantitative estimate of drug-likeness (QED) is 0.752. The van der Waals surface area contributed by atoms with E-state index in [4.69, 9.17) is 0 Å². The summed E-state index contributed by atoms with van der Waals surface area (Å²) in [4.78, 5) is 25.0. The molecule has 0 aromatic heterocycles. The molecule has 0 radical (unpaired) electrons. The third-order valence-corrected chi connectivity index (χ3v) is 5.20. The normalized spacial score (nSPS) is 18.3. The van der Waals surface area contributed by atoms with E-state index in [-0.39, 0.29) is 29.9 Å². The number of rotatable bonds is 6. The van der Waals surface area contributed by atoms with Gasteiger partial charge < -0.3 is 10.2 Å². The minimum atomic E-state index is -3.29. The molecule has 8 heteroatoms. The molecule has 0 unspecified atom stereocenters. The van der Waals surface area contributed by atoms with Crippen molar-refractivity contribution in [2.24, 2.45) is 5.92 Å². The second kappa shape index (κ2) is 7.10. The van der Waals surface area contributed by atoms with Gasteiger partial charge in [0.2, 0.25) is 21.8 Å². The van der Waals surface area contributed by atoms with Gasteiger partial charge in [0.1, 0.15) is 0 Å². The lowest BCUT2D eigenvalue weighted by Gasteiger charge is -2.11. The molecule has 1 aliphatic heterocycles. The number of carbonyl (C=O) groups is 2. The topological polar surface area (TPSA) is 95.6 Å². The summed E-state index contributed by atoms with van der Waals surface area (Å²) < 4.78 is 25.2. The molecule has 1 aromatic rings. The Hall–Kier alpha value is -1.93. The molecule has 23 heavy (non-hydrogen) atoms. The van der Waals surface area contributed by atoms with Crippen LogP contribution in [0.4, 0.5) is 0 Å². The molecule has 0 aliphatic carbocycles. The number of hydrogen-bond acceptors (Lipinski definition) is 4. The standard InChI is InChI=1S/C15H21N3O4S/c1-16-23(21,22)10-12-5-3-11(4-6-12)8-17-15(20)13-7-14(19)18(2)9-13/h3-6,13,16H,7-10H2,1-2H3,(H,17,20)/t13-/m1/s1. The summed E-state index contributed by atoms with van der Waals surface area (Å²) >= 11 is 0.